The molecule has 0 unspecified atom stereocenters. The summed E-state index contributed by atoms with van der Waals surface area (Å²) in [6.45, 7) is -0.154. The highest BCUT2D eigenvalue weighted by molar-refractivity contribution is 5.85. The molecule has 0 spiro atoms. The Kier molecular flexibility index (Phi) is 9.26. The van der Waals surface area contributed by atoms with E-state index in [1.165, 1.54) is 0 Å². The Hall–Kier alpha value is -1.25. The van der Waals surface area contributed by atoms with Crippen LogP contribution in [-0.4, -0.2) is 48.0 Å². The van der Waals surface area contributed by atoms with Gasteiger partial charge in [0, 0.05) is 31.4 Å². The van der Waals surface area contributed by atoms with Gasteiger partial charge in [0.1, 0.15) is 5.82 Å². The van der Waals surface area contributed by atoms with E-state index in [2.05, 4.69) is 15.3 Å². The molecule has 1 aromatic rings. The fourth-order valence-corrected chi connectivity index (χ4v) is 2.26. The number of aromatic nitrogens is 2. The lowest BCUT2D eigenvalue weighted by Crippen LogP contribution is -2.46. The van der Waals surface area contributed by atoms with E-state index in [1.807, 2.05) is 4.90 Å². The van der Waals surface area contributed by atoms with Crippen molar-refractivity contribution in [3.8, 4) is 0 Å². The number of nitrogens with one attached hydrogen (secondary N) is 1. The molecule has 1 amide bonds. The molecular formula is C13H21Cl2F2N5O. The Morgan fingerprint density at radius 3 is 2.52 bits per heavy atom. The van der Waals surface area contributed by atoms with E-state index < -0.39 is 19.0 Å². The molecule has 0 radical (unpaired) electrons. The summed E-state index contributed by atoms with van der Waals surface area (Å²) in [4.78, 5) is 22.1. The van der Waals surface area contributed by atoms with Crippen LogP contribution in [-0.2, 0) is 4.79 Å². The molecule has 1 fully saturated rings. The largest absolute Gasteiger partial charge is 0.355 e. The number of nitrogens with zero attached hydrogens (tertiary/aromatic N) is 3. The van der Waals surface area contributed by atoms with Crippen molar-refractivity contribution >= 4 is 36.5 Å². The van der Waals surface area contributed by atoms with Gasteiger partial charge < -0.3 is 16.0 Å². The fraction of sp³-hybridized carbons (Fsp3) is 0.615. The Morgan fingerprint density at radius 1 is 1.35 bits per heavy atom. The van der Waals surface area contributed by atoms with Gasteiger partial charge in [0.15, 0.2) is 0 Å². The Bertz CT molecular complexity index is 473. The van der Waals surface area contributed by atoms with E-state index in [1.54, 1.807) is 18.6 Å². The fourth-order valence-electron chi connectivity index (χ4n) is 2.26. The predicted molar refractivity (Wildman–Crippen MR) is 88.5 cm³/mol. The van der Waals surface area contributed by atoms with Crippen LogP contribution in [0.5, 0.6) is 0 Å². The molecular weight excluding hydrogens is 351 g/mol. The Labute approximate surface area is 146 Å². The molecule has 2 rings (SSSR count). The van der Waals surface area contributed by atoms with Crippen molar-refractivity contribution in [1.29, 1.82) is 0 Å². The van der Waals surface area contributed by atoms with Gasteiger partial charge >= 0.3 is 0 Å². The van der Waals surface area contributed by atoms with Crippen molar-refractivity contribution in [3.05, 3.63) is 18.6 Å². The second kappa shape index (κ2) is 9.79. The number of hydrogen-bond donors (Lipinski definition) is 2. The van der Waals surface area contributed by atoms with Gasteiger partial charge in [-0.15, -0.1) is 24.8 Å². The van der Waals surface area contributed by atoms with Crippen molar-refractivity contribution in [2.24, 2.45) is 11.7 Å². The smallest absolute Gasteiger partial charge is 0.277 e. The first-order valence-corrected chi connectivity index (χ1v) is 6.88. The van der Waals surface area contributed by atoms with Crippen LogP contribution in [0, 0.1) is 5.92 Å². The van der Waals surface area contributed by atoms with Crippen molar-refractivity contribution < 1.29 is 13.6 Å². The maximum atomic E-state index is 13.0. The molecule has 23 heavy (non-hydrogen) atoms. The highest BCUT2D eigenvalue weighted by Crippen LogP contribution is 2.21. The minimum absolute atomic E-state index is 0. The van der Waals surface area contributed by atoms with Gasteiger partial charge in [-0.25, -0.2) is 13.8 Å². The van der Waals surface area contributed by atoms with Crippen LogP contribution < -0.4 is 16.0 Å². The molecule has 10 heteroatoms. The monoisotopic (exact) mass is 371 g/mol. The summed E-state index contributed by atoms with van der Waals surface area (Å²) in [5, 5.41) is 2.28. The van der Waals surface area contributed by atoms with Crippen molar-refractivity contribution in [3.63, 3.8) is 0 Å². The quantitative estimate of drug-likeness (QED) is 0.813. The zero-order chi connectivity index (χ0) is 15.3. The summed E-state index contributed by atoms with van der Waals surface area (Å²) < 4.78 is 26.0. The number of piperidine rings is 1. The third-order valence-electron chi connectivity index (χ3n) is 3.56. The zero-order valence-electron chi connectivity index (χ0n) is 12.5. The summed E-state index contributed by atoms with van der Waals surface area (Å²) in [7, 11) is 0. The summed E-state index contributed by atoms with van der Waals surface area (Å²) >= 11 is 0. The number of carbonyl (C=O) groups excluding carboxylic acids is 1. The predicted octanol–water partition coefficient (Wildman–Crippen LogP) is 1.25. The zero-order valence-corrected chi connectivity index (χ0v) is 14.1. The average Bonchev–Trinajstić information content (AvgIpc) is 2.54. The van der Waals surface area contributed by atoms with E-state index in [4.69, 9.17) is 5.73 Å². The second-order valence-electron chi connectivity index (χ2n) is 5.10. The van der Waals surface area contributed by atoms with E-state index in [0.717, 1.165) is 5.82 Å². The number of halogens is 4. The summed E-state index contributed by atoms with van der Waals surface area (Å²) in [6, 6.07) is 0. The summed E-state index contributed by atoms with van der Waals surface area (Å²) in [5.74, 6) is -2.85. The molecule has 2 heterocycles. The number of alkyl halides is 2. The van der Waals surface area contributed by atoms with Crippen molar-refractivity contribution in [2.75, 3.05) is 31.1 Å². The maximum absolute atomic E-state index is 13.0. The molecule has 0 aromatic carbocycles. The topological polar surface area (TPSA) is 84.1 Å². The first-order chi connectivity index (χ1) is 10.0. The van der Waals surface area contributed by atoms with Gasteiger partial charge in [-0.1, -0.05) is 0 Å². The molecule has 0 bridgehead atoms. The van der Waals surface area contributed by atoms with Gasteiger partial charge in [0.05, 0.1) is 19.3 Å². The minimum atomic E-state index is -3.05. The molecule has 1 aliphatic rings. The highest BCUT2D eigenvalue weighted by Gasteiger charge is 2.30. The van der Waals surface area contributed by atoms with Gasteiger partial charge in [0.2, 0.25) is 5.91 Å². The molecule has 1 saturated heterocycles. The maximum Gasteiger partial charge on any atom is 0.277 e. The number of amides is 1. The van der Waals surface area contributed by atoms with Crippen LogP contribution in [0.1, 0.15) is 12.8 Å². The number of rotatable bonds is 5. The molecule has 1 aromatic heterocycles. The first-order valence-electron chi connectivity index (χ1n) is 6.88. The normalized spacial score (nSPS) is 15.3. The molecule has 0 atom stereocenters. The number of carbonyl (C=O) groups is 1. The lowest BCUT2D eigenvalue weighted by molar-refractivity contribution is -0.127. The Balaban J connectivity index is 0.00000242. The minimum Gasteiger partial charge on any atom is -0.355 e. The van der Waals surface area contributed by atoms with E-state index in [0.29, 0.717) is 25.9 Å². The number of hydrogen-bond acceptors (Lipinski definition) is 5. The van der Waals surface area contributed by atoms with Crippen LogP contribution in [0.4, 0.5) is 14.6 Å². The van der Waals surface area contributed by atoms with E-state index in [9.17, 15) is 13.6 Å². The standard InChI is InChI=1S/C13H19F2N5O.2ClH/c14-13(15,8-16)9-19-12(21)10-1-5-20(6-2-10)11-7-17-3-4-18-11;;/h3-4,7,10H,1-2,5-6,8-9,16H2,(H,19,21);2*1H. The van der Waals surface area contributed by atoms with Crippen molar-refractivity contribution in [2.45, 2.75) is 18.8 Å². The van der Waals surface area contributed by atoms with Crippen LogP contribution >= 0.6 is 24.8 Å². The SMILES string of the molecule is Cl.Cl.NCC(F)(F)CNC(=O)C1CCN(c2cnccn2)CC1. The molecule has 132 valence electrons. The van der Waals surface area contributed by atoms with Crippen molar-refractivity contribution in [1.82, 2.24) is 15.3 Å². The number of nitrogens with two attached hydrogens (primary N) is 1. The summed E-state index contributed by atoms with van der Waals surface area (Å²) in [6.07, 6.45) is 6.10. The lowest BCUT2D eigenvalue weighted by Gasteiger charge is -2.32. The molecule has 0 saturated carbocycles. The van der Waals surface area contributed by atoms with Crippen LogP contribution in [0.15, 0.2) is 18.6 Å². The third kappa shape index (κ3) is 6.40. The molecule has 6 nitrogen and oxygen atoms in total. The first kappa shape index (κ1) is 21.8. The van der Waals surface area contributed by atoms with Gasteiger partial charge in [-0.3, -0.25) is 9.78 Å². The second-order valence-corrected chi connectivity index (χ2v) is 5.10. The van der Waals surface area contributed by atoms with Gasteiger partial charge in [0.25, 0.3) is 5.92 Å². The van der Waals surface area contributed by atoms with Gasteiger partial charge in [-0.2, -0.15) is 0 Å². The number of anilines is 1. The molecule has 3 N–H and O–H groups in total. The van der Waals surface area contributed by atoms with Gasteiger partial charge in [-0.05, 0) is 12.8 Å². The lowest BCUT2D eigenvalue weighted by atomic mass is 9.96. The third-order valence-corrected chi connectivity index (χ3v) is 3.56. The van der Waals surface area contributed by atoms with Crippen LogP contribution in [0.25, 0.3) is 0 Å². The summed E-state index contributed by atoms with van der Waals surface area (Å²) in [5.41, 5.74) is 4.93. The van der Waals surface area contributed by atoms with E-state index in [-0.39, 0.29) is 36.6 Å². The highest BCUT2D eigenvalue weighted by atomic mass is 35.5. The van der Waals surface area contributed by atoms with Crippen LogP contribution in [0.2, 0.25) is 0 Å². The molecule has 0 aliphatic carbocycles. The Morgan fingerprint density at radius 2 is 2.00 bits per heavy atom. The van der Waals surface area contributed by atoms with E-state index >= 15 is 0 Å². The molecule has 1 aliphatic heterocycles. The van der Waals surface area contributed by atoms with Crippen LogP contribution in [0.3, 0.4) is 0 Å². The average molecular weight is 372 g/mol.